The molecule has 0 radical (unpaired) electrons. The van der Waals surface area contributed by atoms with Crippen molar-refractivity contribution in [1.29, 1.82) is 0 Å². The lowest BCUT2D eigenvalue weighted by molar-refractivity contribution is -0.124. The van der Waals surface area contributed by atoms with Crippen molar-refractivity contribution >= 4 is 11.6 Å². The molecule has 0 bridgehead atoms. The maximum absolute atomic E-state index is 12.0. The molecule has 2 atom stereocenters. The van der Waals surface area contributed by atoms with Gasteiger partial charge in [-0.05, 0) is 50.5 Å². The molecule has 2 N–H and O–H groups in total. The van der Waals surface area contributed by atoms with Crippen molar-refractivity contribution in [3.05, 3.63) is 29.3 Å². The zero-order valence-electron chi connectivity index (χ0n) is 11.8. The Morgan fingerprint density at radius 2 is 2.11 bits per heavy atom. The van der Waals surface area contributed by atoms with Gasteiger partial charge in [0.1, 0.15) is 6.04 Å². The molecule has 1 saturated heterocycles. The molecule has 0 aliphatic carbocycles. The third-order valence-corrected chi connectivity index (χ3v) is 3.88. The number of hydrogen-bond acceptors (Lipinski definition) is 3. The van der Waals surface area contributed by atoms with Crippen LogP contribution in [0.5, 0.6) is 0 Å². The van der Waals surface area contributed by atoms with Gasteiger partial charge in [0.05, 0.1) is 0 Å². The average Bonchev–Trinajstić information content (AvgIpc) is 2.38. The maximum Gasteiger partial charge on any atom is 0.242 e. The molecule has 2 unspecified atom stereocenters. The lowest BCUT2D eigenvalue weighted by atomic mass is 10.0. The molecule has 0 saturated carbocycles. The standard InChI is InChI=1S/C15H22N2O2/c1-10-4-5-13(8-11(10)2)17-12(3)9-16-15(19)14(17)6-7-18/h4-5,8,12,14,18H,6-7,9H2,1-3H3,(H,16,19). The summed E-state index contributed by atoms with van der Waals surface area (Å²) in [6.07, 6.45) is 0.461. The van der Waals surface area contributed by atoms with E-state index in [1.807, 2.05) is 0 Å². The van der Waals surface area contributed by atoms with Gasteiger partial charge < -0.3 is 15.3 Å². The molecule has 1 aliphatic rings. The normalized spacial score (nSPS) is 23.4. The van der Waals surface area contributed by atoms with E-state index in [0.29, 0.717) is 13.0 Å². The van der Waals surface area contributed by atoms with E-state index in [-0.39, 0.29) is 24.6 Å². The van der Waals surface area contributed by atoms with Crippen molar-refractivity contribution in [3.63, 3.8) is 0 Å². The fourth-order valence-electron chi connectivity index (χ4n) is 2.61. The van der Waals surface area contributed by atoms with E-state index in [1.54, 1.807) is 0 Å². The van der Waals surface area contributed by atoms with Crippen LogP contribution in [0.15, 0.2) is 18.2 Å². The largest absolute Gasteiger partial charge is 0.396 e. The van der Waals surface area contributed by atoms with Crippen LogP contribution in [-0.2, 0) is 4.79 Å². The van der Waals surface area contributed by atoms with E-state index >= 15 is 0 Å². The molecular formula is C15H22N2O2. The second-order valence-corrected chi connectivity index (χ2v) is 5.30. The number of aliphatic hydroxyl groups is 1. The Labute approximate surface area is 114 Å². The molecule has 1 amide bonds. The van der Waals surface area contributed by atoms with Crippen molar-refractivity contribution in [2.24, 2.45) is 0 Å². The second kappa shape index (κ2) is 5.61. The highest BCUT2D eigenvalue weighted by molar-refractivity contribution is 5.87. The monoisotopic (exact) mass is 262 g/mol. The number of carbonyl (C=O) groups is 1. The highest BCUT2D eigenvalue weighted by Crippen LogP contribution is 2.26. The summed E-state index contributed by atoms with van der Waals surface area (Å²) in [6, 6.07) is 6.21. The molecule has 0 spiro atoms. The van der Waals surface area contributed by atoms with Crippen molar-refractivity contribution in [1.82, 2.24) is 5.32 Å². The van der Waals surface area contributed by atoms with Gasteiger partial charge in [-0.25, -0.2) is 0 Å². The van der Waals surface area contributed by atoms with Gasteiger partial charge in [-0.2, -0.15) is 0 Å². The van der Waals surface area contributed by atoms with Crippen LogP contribution in [0.1, 0.15) is 24.5 Å². The van der Waals surface area contributed by atoms with Crippen LogP contribution < -0.4 is 10.2 Å². The molecule has 4 nitrogen and oxygen atoms in total. The van der Waals surface area contributed by atoms with E-state index in [9.17, 15) is 9.90 Å². The first-order valence-electron chi connectivity index (χ1n) is 6.78. The topological polar surface area (TPSA) is 52.6 Å². The Balaban J connectivity index is 2.36. The summed E-state index contributed by atoms with van der Waals surface area (Å²) in [6.45, 7) is 6.92. The smallest absolute Gasteiger partial charge is 0.242 e. The summed E-state index contributed by atoms with van der Waals surface area (Å²) in [4.78, 5) is 14.1. The summed E-state index contributed by atoms with van der Waals surface area (Å²) in [7, 11) is 0. The molecule has 4 heteroatoms. The van der Waals surface area contributed by atoms with Gasteiger partial charge in [-0.1, -0.05) is 6.07 Å². The number of piperazine rings is 1. The van der Waals surface area contributed by atoms with E-state index in [0.717, 1.165) is 5.69 Å². The number of hydrogen-bond donors (Lipinski definition) is 2. The first-order chi connectivity index (χ1) is 9.04. The second-order valence-electron chi connectivity index (χ2n) is 5.30. The Morgan fingerprint density at radius 1 is 1.37 bits per heavy atom. The number of nitrogens with zero attached hydrogens (tertiary/aromatic N) is 1. The lowest BCUT2D eigenvalue weighted by Gasteiger charge is -2.41. The number of amides is 1. The number of aryl methyl sites for hydroxylation is 2. The number of aliphatic hydroxyl groups excluding tert-OH is 1. The number of nitrogens with one attached hydrogen (secondary N) is 1. The van der Waals surface area contributed by atoms with Crippen LogP contribution in [0.25, 0.3) is 0 Å². The zero-order chi connectivity index (χ0) is 14.0. The first-order valence-corrected chi connectivity index (χ1v) is 6.78. The summed E-state index contributed by atoms with van der Waals surface area (Å²) >= 11 is 0. The van der Waals surface area contributed by atoms with Gasteiger partial charge in [0.25, 0.3) is 0 Å². The van der Waals surface area contributed by atoms with Crippen molar-refractivity contribution in [3.8, 4) is 0 Å². The van der Waals surface area contributed by atoms with Gasteiger partial charge in [-0.15, -0.1) is 0 Å². The summed E-state index contributed by atoms with van der Waals surface area (Å²) in [5, 5.41) is 12.1. The molecular weight excluding hydrogens is 240 g/mol. The third-order valence-electron chi connectivity index (χ3n) is 3.88. The summed E-state index contributed by atoms with van der Waals surface area (Å²) < 4.78 is 0. The fraction of sp³-hybridized carbons (Fsp3) is 0.533. The fourth-order valence-corrected chi connectivity index (χ4v) is 2.61. The van der Waals surface area contributed by atoms with Gasteiger partial charge >= 0.3 is 0 Å². The predicted octanol–water partition coefficient (Wildman–Crippen LogP) is 1.38. The average molecular weight is 262 g/mol. The van der Waals surface area contributed by atoms with E-state index in [2.05, 4.69) is 49.2 Å². The molecule has 0 aromatic heterocycles. The van der Waals surface area contributed by atoms with Crippen LogP contribution in [0.2, 0.25) is 0 Å². The first kappa shape index (κ1) is 13.9. The number of benzene rings is 1. The summed E-state index contributed by atoms with van der Waals surface area (Å²) in [5.41, 5.74) is 3.53. The molecule has 2 rings (SSSR count). The molecule has 1 aromatic carbocycles. The molecule has 1 heterocycles. The van der Waals surface area contributed by atoms with Crippen LogP contribution in [-0.4, -0.2) is 36.2 Å². The van der Waals surface area contributed by atoms with Crippen molar-refractivity contribution < 1.29 is 9.90 Å². The van der Waals surface area contributed by atoms with Crippen LogP contribution in [0.4, 0.5) is 5.69 Å². The predicted molar refractivity (Wildman–Crippen MR) is 76.4 cm³/mol. The highest BCUT2D eigenvalue weighted by Gasteiger charge is 2.33. The molecule has 19 heavy (non-hydrogen) atoms. The van der Waals surface area contributed by atoms with Gasteiger partial charge in [-0.3, -0.25) is 4.79 Å². The zero-order valence-corrected chi connectivity index (χ0v) is 11.8. The summed E-state index contributed by atoms with van der Waals surface area (Å²) in [5.74, 6) is 0.00498. The van der Waals surface area contributed by atoms with E-state index < -0.39 is 0 Å². The van der Waals surface area contributed by atoms with Gasteiger partial charge in [0.2, 0.25) is 5.91 Å². The van der Waals surface area contributed by atoms with Crippen molar-refractivity contribution in [2.45, 2.75) is 39.3 Å². The Hall–Kier alpha value is -1.55. The molecule has 1 fully saturated rings. The number of anilines is 1. The number of carbonyl (C=O) groups excluding carboxylic acids is 1. The van der Waals surface area contributed by atoms with Gasteiger partial charge in [0, 0.05) is 24.9 Å². The Morgan fingerprint density at radius 3 is 2.74 bits per heavy atom. The minimum absolute atomic E-state index is 0.00498. The molecule has 1 aliphatic heterocycles. The van der Waals surface area contributed by atoms with Crippen LogP contribution in [0, 0.1) is 13.8 Å². The van der Waals surface area contributed by atoms with E-state index in [1.165, 1.54) is 11.1 Å². The highest BCUT2D eigenvalue weighted by atomic mass is 16.3. The van der Waals surface area contributed by atoms with Crippen LogP contribution in [0.3, 0.4) is 0 Å². The lowest BCUT2D eigenvalue weighted by Crippen LogP contribution is -2.60. The Kier molecular flexibility index (Phi) is 4.10. The van der Waals surface area contributed by atoms with Gasteiger partial charge in [0.15, 0.2) is 0 Å². The van der Waals surface area contributed by atoms with Crippen LogP contribution >= 0.6 is 0 Å². The van der Waals surface area contributed by atoms with E-state index in [4.69, 9.17) is 0 Å². The molecule has 104 valence electrons. The maximum atomic E-state index is 12.0. The number of rotatable bonds is 3. The SMILES string of the molecule is Cc1ccc(N2C(C)CNC(=O)C2CCO)cc1C. The quantitative estimate of drug-likeness (QED) is 0.865. The Bertz CT molecular complexity index is 473. The molecule has 1 aromatic rings. The minimum atomic E-state index is -0.282. The van der Waals surface area contributed by atoms with Crippen molar-refractivity contribution in [2.75, 3.05) is 18.1 Å². The minimum Gasteiger partial charge on any atom is -0.396 e. The third kappa shape index (κ3) is 2.73.